The third kappa shape index (κ3) is 5.30. The zero-order chi connectivity index (χ0) is 14.4. The van der Waals surface area contributed by atoms with Crippen molar-refractivity contribution in [2.24, 2.45) is 5.92 Å². The van der Waals surface area contributed by atoms with Gasteiger partial charge in [0.05, 0.1) is 6.54 Å². The minimum absolute atomic E-state index is 0.0207. The molecule has 0 bridgehead atoms. The maximum absolute atomic E-state index is 11.6. The zero-order valence-corrected chi connectivity index (χ0v) is 12.2. The van der Waals surface area contributed by atoms with E-state index in [4.69, 9.17) is 0 Å². The Bertz CT molecular complexity index is 430. The van der Waals surface area contributed by atoms with Gasteiger partial charge < -0.3 is 15.7 Å². The van der Waals surface area contributed by atoms with Gasteiger partial charge in [-0.15, -0.1) is 0 Å². The summed E-state index contributed by atoms with van der Waals surface area (Å²) in [6.45, 7) is 8.96. The van der Waals surface area contributed by atoms with Gasteiger partial charge in [-0.3, -0.25) is 4.79 Å². The Morgan fingerprint density at radius 1 is 1.32 bits per heavy atom. The average Bonchev–Trinajstić information content (AvgIpc) is 2.36. The molecule has 1 rings (SSSR count). The van der Waals surface area contributed by atoms with Gasteiger partial charge in [-0.1, -0.05) is 31.5 Å². The molecule has 1 amide bonds. The fourth-order valence-corrected chi connectivity index (χ4v) is 1.76. The third-order valence-electron chi connectivity index (χ3n) is 2.93. The predicted octanol–water partition coefficient (Wildman–Crippen LogP) is 2.12. The number of nitrogens with one attached hydrogen (secondary N) is 2. The number of phenolic OH excluding ortho intramolecular Hbond substituents is 1. The minimum atomic E-state index is -0.0651. The van der Waals surface area contributed by atoms with Crippen molar-refractivity contribution in [3.8, 4) is 5.75 Å². The number of rotatable bonds is 6. The van der Waals surface area contributed by atoms with Crippen LogP contribution in [0.5, 0.6) is 5.75 Å². The van der Waals surface area contributed by atoms with Gasteiger partial charge in [0.2, 0.25) is 5.91 Å². The van der Waals surface area contributed by atoms with Crippen LogP contribution in [0, 0.1) is 12.8 Å². The van der Waals surface area contributed by atoms with Crippen molar-refractivity contribution in [2.45, 2.75) is 33.7 Å². The van der Waals surface area contributed by atoms with E-state index in [1.54, 1.807) is 6.07 Å². The second kappa shape index (κ2) is 7.14. The third-order valence-corrected chi connectivity index (χ3v) is 2.93. The Kier molecular flexibility index (Phi) is 5.83. The van der Waals surface area contributed by atoms with E-state index in [1.165, 1.54) is 0 Å². The van der Waals surface area contributed by atoms with Gasteiger partial charge in [-0.05, 0) is 25.8 Å². The molecule has 0 aromatic heterocycles. The molecule has 3 N–H and O–H groups in total. The highest BCUT2D eigenvalue weighted by Gasteiger charge is 2.11. The Morgan fingerprint density at radius 2 is 2.00 bits per heavy atom. The number of hydrogen-bond donors (Lipinski definition) is 3. The number of carbonyl (C=O) groups excluding carboxylic acids is 1. The number of amides is 1. The molecular weight excluding hydrogens is 240 g/mol. The Hall–Kier alpha value is -1.55. The SMILES string of the molecule is Cc1ccc(O)c(C(C)NCC(=O)NCC(C)C)c1. The van der Waals surface area contributed by atoms with Gasteiger partial charge in [0.25, 0.3) is 0 Å². The fourth-order valence-electron chi connectivity index (χ4n) is 1.76. The molecule has 1 unspecified atom stereocenters. The number of aryl methyl sites for hydroxylation is 1. The molecule has 0 spiro atoms. The van der Waals surface area contributed by atoms with E-state index in [9.17, 15) is 9.90 Å². The summed E-state index contributed by atoms with van der Waals surface area (Å²) in [5, 5.41) is 15.8. The van der Waals surface area contributed by atoms with Crippen molar-refractivity contribution in [1.82, 2.24) is 10.6 Å². The largest absolute Gasteiger partial charge is 0.508 e. The van der Waals surface area contributed by atoms with E-state index in [0.29, 0.717) is 12.5 Å². The van der Waals surface area contributed by atoms with Gasteiger partial charge in [0.1, 0.15) is 5.75 Å². The lowest BCUT2D eigenvalue weighted by Gasteiger charge is -2.16. The second-order valence-corrected chi connectivity index (χ2v) is 5.36. The highest BCUT2D eigenvalue weighted by atomic mass is 16.3. The first-order valence-corrected chi connectivity index (χ1v) is 6.69. The lowest BCUT2D eigenvalue weighted by Crippen LogP contribution is -2.36. The number of benzene rings is 1. The van der Waals surface area contributed by atoms with E-state index in [0.717, 1.165) is 11.1 Å². The van der Waals surface area contributed by atoms with Crippen LogP contribution in [0.15, 0.2) is 18.2 Å². The molecule has 0 radical (unpaired) electrons. The Labute approximate surface area is 115 Å². The first-order chi connectivity index (χ1) is 8.90. The summed E-state index contributed by atoms with van der Waals surface area (Å²) in [5.41, 5.74) is 1.90. The van der Waals surface area contributed by atoms with Crippen LogP contribution < -0.4 is 10.6 Å². The first kappa shape index (κ1) is 15.5. The normalized spacial score (nSPS) is 12.5. The zero-order valence-electron chi connectivity index (χ0n) is 12.2. The van der Waals surface area contributed by atoms with Crippen LogP contribution >= 0.6 is 0 Å². The van der Waals surface area contributed by atoms with Crippen LogP contribution in [0.4, 0.5) is 0 Å². The molecular formula is C15H24N2O2. The van der Waals surface area contributed by atoms with E-state index < -0.39 is 0 Å². The van der Waals surface area contributed by atoms with Crippen LogP contribution in [0.3, 0.4) is 0 Å². The van der Waals surface area contributed by atoms with Crippen LogP contribution in [-0.2, 0) is 4.79 Å². The molecule has 0 aliphatic carbocycles. The smallest absolute Gasteiger partial charge is 0.233 e. The second-order valence-electron chi connectivity index (χ2n) is 5.36. The van der Waals surface area contributed by atoms with Crippen molar-refractivity contribution < 1.29 is 9.90 Å². The lowest BCUT2D eigenvalue weighted by atomic mass is 10.0. The molecule has 1 atom stereocenters. The van der Waals surface area contributed by atoms with Crippen molar-refractivity contribution in [1.29, 1.82) is 0 Å². The quantitative estimate of drug-likeness (QED) is 0.737. The van der Waals surface area contributed by atoms with E-state index in [-0.39, 0.29) is 24.2 Å². The van der Waals surface area contributed by atoms with Gasteiger partial charge >= 0.3 is 0 Å². The fraction of sp³-hybridized carbons (Fsp3) is 0.533. The summed E-state index contributed by atoms with van der Waals surface area (Å²) >= 11 is 0. The average molecular weight is 264 g/mol. The van der Waals surface area contributed by atoms with Gasteiger partial charge in [-0.2, -0.15) is 0 Å². The maximum Gasteiger partial charge on any atom is 0.233 e. The molecule has 0 fully saturated rings. The molecule has 106 valence electrons. The predicted molar refractivity (Wildman–Crippen MR) is 77.1 cm³/mol. The van der Waals surface area contributed by atoms with Gasteiger partial charge in [0, 0.05) is 18.2 Å². The molecule has 1 aromatic carbocycles. The molecule has 4 nitrogen and oxygen atoms in total. The summed E-state index contributed by atoms with van der Waals surface area (Å²) in [7, 11) is 0. The molecule has 0 saturated heterocycles. The van der Waals surface area contributed by atoms with Gasteiger partial charge in [0.15, 0.2) is 0 Å². The highest BCUT2D eigenvalue weighted by molar-refractivity contribution is 5.78. The Morgan fingerprint density at radius 3 is 2.63 bits per heavy atom. The summed E-state index contributed by atoms with van der Waals surface area (Å²) < 4.78 is 0. The molecule has 19 heavy (non-hydrogen) atoms. The first-order valence-electron chi connectivity index (χ1n) is 6.69. The molecule has 1 aromatic rings. The summed E-state index contributed by atoms with van der Waals surface area (Å²) in [6.07, 6.45) is 0. The minimum Gasteiger partial charge on any atom is -0.508 e. The van der Waals surface area contributed by atoms with Crippen molar-refractivity contribution >= 4 is 5.91 Å². The molecule has 0 aliphatic rings. The van der Waals surface area contributed by atoms with Crippen molar-refractivity contribution in [3.63, 3.8) is 0 Å². The highest BCUT2D eigenvalue weighted by Crippen LogP contribution is 2.24. The molecule has 0 aliphatic heterocycles. The number of phenols is 1. The number of carbonyl (C=O) groups is 1. The Balaban J connectivity index is 2.49. The number of hydrogen-bond acceptors (Lipinski definition) is 3. The van der Waals surface area contributed by atoms with E-state index in [2.05, 4.69) is 24.5 Å². The number of aromatic hydroxyl groups is 1. The maximum atomic E-state index is 11.6. The van der Waals surface area contributed by atoms with Crippen LogP contribution in [0.2, 0.25) is 0 Å². The van der Waals surface area contributed by atoms with Crippen LogP contribution in [0.25, 0.3) is 0 Å². The molecule has 4 heteroatoms. The summed E-state index contributed by atoms with van der Waals surface area (Å²) in [4.78, 5) is 11.6. The van der Waals surface area contributed by atoms with E-state index in [1.807, 2.05) is 26.0 Å². The van der Waals surface area contributed by atoms with E-state index >= 15 is 0 Å². The standard InChI is InChI=1S/C15H24N2O2/c1-10(2)8-17-15(19)9-16-12(4)13-7-11(3)5-6-14(13)18/h5-7,10,12,16,18H,8-9H2,1-4H3,(H,17,19). The van der Waals surface area contributed by atoms with Crippen LogP contribution in [-0.4, -0.2) is 24.1 Å². The monoisotopic (exact) mass is 264 g/mol. The van der Waals surface area contributed by atoms with Gasteiger partial charge in [-0.25, -0.2) is 0 Å². The van der Waals surface area contributed by atoms with Crippen molar-refractivity contribution in [2.75, 3.05) is 13.1 Å². The topological polar surface area (TPSA) is 61.4 Å². The molecule has 0 heterocycles. The van der Waals surface area contributed by atoms with Crippen LogP contribution in [0.1, 0.15) is 37.9 Å². The lowest BCUT2D eigenvalue weighted by molar-refractivity contribution is -0.120. The summed E-state index contributed by atoms with van der Waals surface area (Å²) in [6, 6.07) is 5.41. The summed E-state index contributed by atoms with van der Waals surface area (Å²) in [5.74, 6) is 0.683. The molecule has 0 saturated carbocycles. The van der Waals surface area contributed by atoms with Crippen molar-refractivity contribution in [3.05, 3.63) is 29.3 Å².